The fourth-order valence-electron chi connectivity index (χ4n) is 3.38. The average Bonchev–Trinajstić information content (AvgIpc) is 3.18. The first-order valence-electron chi connectivity index (χ1n) is 10.4. The minimum absolute atomic E-state index is 0.325. The Morgan fingerprint density at radius 3 is 2.64 bits per heavy atom. The van der Waals surface area contributed by atoms with Crippen molar-refractivity contribution in [3.8, 4) is 5.75 Å². The molecule has 176 valence electrons. The van der Waals surface area contributed by atoms with Crippen molar-refractivity contribution in [1.82, 2.24) is 9.88 Å². The molecule has 33 heavy (non-hydrogen) atoms. The maximum Gasteiger partial charge on any atom is 0.573 e. The summed E-state index contributed by atoms with van der Waals surface area (Å²) in [6, 6.07) is 11.0. The number of amides is 2. The predicted octanol–water partition coefficient (Wildman–Crippen LogP) is 4.87. The van der Waals surface area contributed by atoms with Crippen molar-refractivity contribution in [2.75, 3.05) is 49.6 Å². The Morgan fingerprint density at radius 1 is 1.21 bits per heavy atom. The lowest BCUT2D eigenvalue weighted by molar-refractivity contribution is -0.274. The van der Waals surface area contributed by atoms with Gasteiger partial charge in [0.2, 0.25) is 0 Å². The number of fused-ring (bicyclic) bond motifs is 1. The van der Waals surface area contributed by atoms with Gasteiger partial charge in [-0.3, -0.25) is 9.80 Å². The molecule has 2 aromatic carbocycles. The maximum atomic E-state index is 13.2. The van der Waals surface area contributed by atoms with E-state index < -0.39 is 6.36 Å². The molecule has 4 rings (SSSR count). The Kier molecular flexibility index (Phi) is 7.01. The molecule has 0 atom stereocenters. The Hall–Kier alpha value is -2.89. The Bertz CT molecular complexity index is 1100. The van der Waals surface area contributed by atoms with Gasteiger partial charge in [0.1, 0.15) is 5.75 Å². The van der Waals surface area contributed by atoms with Gasteiger partial charge in [-0.1, -0.05) is 29.0 Å². The molecular weight excluding hydrogens is 457 g/mol. The summed E-state index contributed by atoms with van der Waals surface area (Å²) in [4.78, 5) is 21.4. The standard InChI is InChI=1S/C22H23F3N4O3S/c1-15-2-4-16(5-3-15)26-20(30)29(9-8-28-10-12-31-13-11-28)21-27-18-7-6-17(14-19(18)33-21)32-22(23,24)25/h2-7,14H,8-13H2,1H3,(H,26,30). The number of halogens is 3. The molecular formula is C22H23F3N4O3S. The topological polar surface area (TPSA) is 66.9 Å². The van der Waals surface area contributed by atoms with Crippen LogP contribution in [0.25, 0.3) is 10.2 Å². The summed E-state index contributed by atoms with van der Waals surface area (Å²) in [7, 11) is 0. The summed E-state index contributed by atoms with van der Waals surface area (Å²) < 4.78 is 47.6. The van der Waals surface area contributed by atoms with Crippen LogP contribution in [-0.4, -0.2) is 61.7 Å². The molecule has 3 aromatic rings. The van der Waals surface area contributed by atoms with Crippen molar-refractivity contribution in [2.24, 2.45) is 0 Å². The maximum absolute atomic E-state index is 13.2. The van der Waals surface area contributed by atoms with Gasteiger partial charge in [-0.15, -0.1) is 13.2 Å². The van der Waals surface area contributed by atoms with Crippen LogP contribution in [-0.2, 0) is 4.74 Å². The number of rotatable bonds is 6. The fourth-order valence-corrected chi connectivity index (χ4v) is 4.40. The van der Waals surface area contributed by atoms with Gasteiger partial charge >= 0.3 is 12.4 Å². The zero-order valence-corrected chi connectivity index (χ0v) is 18.7. The highest BCUT2D eigenvalue weighted by Crippen LogP contribution is 2.33. The minimum Gasteiger partial charge on any atom is -0.406 e. The summed E-state index contributed by atoms with van der Waals surface area (Å²) in [5.74, 6) is -0.325. The van der Waals surface area contributed by atoms with E-state index in [1.807, 2.05) is 31.2 Å². The van der Waals surface area contributed by atoms with E-state index in [1.54, 1.807) is 0 Å². The first-order chi connectivity index (χ1) is 15.8. The monoisotopic (exact) mass is 480 g/mol. The quantitative estimate of drug-likeness (QED) is 0.545. The van der Waals surface area contributed by atoms with E-state index in [4.69, 9.17) is 4.74 Å². The molecule has 0 unspecified atom stereocenters. The van der Waals surface area contributed by atoms with Crippen LogP contribution in [0.15, 0.2) is 42.5 Å². The number of thiazole rings is 1. The molecule has 1 aromatic heterocycles. The smallest absolute Gasteiger partial charge is 0.406 e. The number of anilines is 2. The zero-order valence-electron chi connectivity index (χ0n) is 17.9. The number of alkyl halides is 3. The van der Waals surface area contributed by atoms with Crippen molar-refractivity contribution < 1.29 is 27.4 Å². The molecule has 1 N–H and O–H groups in total. The second kappa shape index (κ2) is 9.94. The molecule has 2 amide bonds. The van der Waals surface area contributed by atoms with Crippen LogP contribution in [0.5, 0.6) is 5.75 Å². The number of carbonyl (C=O) groups is 1. The number of aryl methyl sites for hydroxylation is 1. The number of carbonyl (C=O) groups excluding carboxylic acids is 1. The number of hydrogen-bond donors (Lipinski definition) is 1. The summed E-state index contributed by atoms with van der Waals surface area (Å²) in [5, 5.41) is 3.27. The van der Waals surface area contributed by atoms with E-state index in [1.165, 1.54) is 23.1 Å². The lowest BCUT2D eigenvalue weighted by atomic mass is 10.2. The number of nitrogens with zero attached hydrogens (tertiary/aromatic N) is 3. The zero-order chi connectivity index (χ0) is 23.4. The van der Waals surface area contributed by atoms with Crippen molar-refractivity contribution >= 4 is 38.4 Å². The van der Waals surface area contributed by atoms with Crippen LogP contribution in [0.3, 0.4) is 0 Å². The number of morpholine rings is 1. The van der Waals surface area contributed by atoms with Crippen LogP contribution in [0.2, 0.25) is 0 Å². The highest BCUT2D eigenvalue weighted by atomic mass is 32.1. The molecule has 0 aliphatic carbocycles. The minimum atomic E-state index is -4.78. The summed E-state index contributed by atoms with van der Waals surface area (Å²) >= 11 is 1.14. The van der Waals surface area contributed by atoms with Gasteiger partial charge in [0.15, 0.2) is 5.13 Å². The van der Waals surface area contributed by atoms with Gasteiger partial charge in [-0.25, -0.2) is 9.78 Å². The van der Waals surface area contributed by atoms with Gasteiger partial charge in [0.25, 0.3) is 0 Å². The van der Waals surface area contributed by atoms with E-state index in [-0.39, 0.29) is 11.8 Å². The number of hydrogen-bond acceptors (Lipinski definition) is 6. The van der Waals surface area contributed by atoms with Crippen LogP contribution < -0.4 is 15.0 Å². The highest BCUT2D eigenvalue weighted by Gasteiger charge is 2.31. The third kappa shape index (κ3) is 6.34. The van der Waals surface area contributed by atoms with E-state index in [2.05, 4.69) is 19.9 Å². The van der Waals surface area contributed by atoms with E-state index in [0.717, 1.165) is 30.0 Å². The van der Waals surface area contributed by atoms with Gasteiger partial charge < -0.3 is 14.8 Å². The molecule has 0 bridgehead atoms. The SMILES string of the molecule is Cc1ccc(NC(=O)N(CCN2CCOCC2)c2nc3ccc(OC(F)(F)F)cc3s2)cc1. The second-order valence-electron chi connectivity index (χ2n) is 7.58. The van der Waals surface area contributed by atoms with Crippen LogP contribution in [0.4, 0.5) is 28.8 Å². The third-order valence-electron chi connectivity index (χ3n) is 5.10. The molecule has 0 spiro atoms. The first kappa shape index (κ1) is 23.3. The Balaban J connectivity index is 1.57. The van der Waals surface area contributed by atoms with Gasteiger partial charge in [-0.05, 0) is 31.2 Å². The lowest BCUT2D eigenvalue weighted by Gasteiger charge is -2.29. The van der Waals surface area contributed by atoms with E-state index in [9.17, 15) is 18.0 Å². The number of ether oxygens (including phenoxy) is 2. The number of aromatic nitrogens is 1. The van der Waals surface area contributed by atoms with E-state index >= 15 is 0 Å². The molecule has 11 heteroatoms. The van der Waals surface area contributed by atoms with Gasteiger partial charge in [-0.2, -0.15) is 0 Å². The summed E-state index contributed by atoms with van der Waals surface area (Å²) in [6.45, 7) is 5.75. The van der Waals surface area contributed by atoms with Crippen LogP contribution >= 0.6 is 11.3 Å². The van der Waals surface area contributed by atoms with E-state index in [0.29, 0.717) is 47.3 Å². The number of urea groups is 1. The third-order valence-corrected chi connectivity index (χ3v) is 6.15. The van der Waals surface area contributed by atoms with Gasteiger partial charge in [0, 0.05) is 37.9 Å². The molecule has 1 fully saturated rings. The summed E-state index contributed by atoms with van der Waals surface area (Å²) in [5.41, 5.74) is 2.20. The molecule has 0 radical (unpaired) electrons. The van der Waals surface area contributed by atoms with Crippen LogP contribution in [0, 0.1) is 6.92 Å². The number of benzene rings is 2. The first-order valence-corrected chi connectivity index (χ1v) is 11.2. The number of nitrogens with one attached hydrogen (secondary N) is 1. The van der Waals surface area contributed by atoms with Crippen molar-refractivity contribution in [3.05, 3.63) is 48.0 Å². The normalized spacial score (nSPS) is 14.9. The molecule has 0 saturated carbocycles. The van der Waals surface area contributed by atoms with Crippen molar-refractivity contribution in [1.29, 1.82) is 0 Å². The fraction of sp³-hybridized carbons (Fsp3) is 0.364. The predicted molar refractivity (Wildman–Crippen MR) is 121 cm³/mol. The Labute approximate surface area is 192 Å². The second-order valence-corrected chi connectivity index (χ2v) is 8.58. The van der Waals surface area contributed by atoms with Crippen molar-refractivity contribution in [2.45, 2.75) is 13.3 Å². The average molecular weight is 481 g/mol. The largest absolute Gasteiger partial charge is 0.573 e. The molecule has 1 aliphatic rings. The molecule has 2 heterocycles. The summed E-state index contributed by atoms with van der Waals surface area (Å²) in [6.07, 6.45) is -4.78. The molecule has 1 aliphatic heterocycles. The van der Waals surface area contributed by atoms with Crippen LogP contribution in [0.1, 0.15) is 5.56 Å². The lowest BCUT2D eigenvalue weighted by Crippen LogP contribution is -2.44. The highest BCUT2D eigenvalue weighted by molar-refractivity contribution is 7.22. The van der Waals surface area contributed by atoms with Gasteiger partial charge in [0.05, 0.1) is 23.4 Å². The molecule has 1 saturated heterocycles. The van der Waals surface area contributed by atoms with Crippen molar-refractivity contribution in [3.63, 3.8) is 0 Å². The Morgan fingerprint density at radius 2 is 1.94 bits per heavy atom. The molecule has 7 nitrogen and oxygen atoms in total.